The highest BCUT2D eigenvalue weighted by Crippen LogP contribution is 2.16. The summed E-state index contributed by atoms with van der Waals surface area (Å²) in [7, 11) is 1.26. The maximum Gasteiger partial charge on any atom is 0.340 e. The summed E-state index contributed by atoms with van der Waals surface area (Å²) >= 11 is 0. The number of nitrogens with zero attached hydrogens (tertiary/aromatic N) is 1. The number of fused-ring (bicyclic) bond motifs is 1. The van der Waals surface area contributed by atoms with Gasteiger partial charge in [-0.15, -0.1) is 0 Å². The molecule has 0 bridgehead atoms. The van der Waals surface area contributed by atoms with E-state index in [2.05, 4.69) is 5.43 Å². The van der Waals surface area contributed by atoms with Gasteiger partial charge in [0.15, 0.2) is 0 Å². The maximum absolute atomic E-state index is 12.7. The molecule has 0 atom stereocenters. The number of esters is 1. The molecule has 7 nitrogen and oxygen atoms in total. The second kappa shape index (κ2) is 9.09. The van der Waals surface area contributed by atoms with Gasteiger partial charge < -0.3 is 9.47 Å². The number of amides is 1. The number of nitrogens with one attached hydrogen (secondary N) is 1. The molecule has 1 aromatic heterocycles. The number of hydrogen-bond acceptors (Lipinski definition) is 5. The van der Waals surface area contributed by atoms with E-state index in [1.165, 1.54) is 19.4 Å². The van der Waals surface area contributed by atoms with E-state index >= 15 is 0 Å². The van der Waals surface area contributed by atoms with E-state index in [1.54, 1.807) is 30.3 Å². The van der Waals surface area contributed by atoms with Crippen LogP contribution in [0.5, 0.6) is 5.75 Å². The molecule has 0 unspecified atom stereocenters. The van der Waals surface area contributed by atoms with Gasteiger partial charge in [-0.3, -0.25) is 15.0 Å². The first kappa shape index (κ1) is 20.9. The van der Waals surface area contributed by atoms with Crippen LogP contribution in [0.2, 0.25) is 0 Å². The molecule has 0 aliphatic carbocycles. The maximum atomic E-state index is 12.7. The minimum atomic E-state index is -0.603. The quantitative estimate of drug-likeness (QED) is 0.501. The molecular weight excluding hydrogens is 384 g/mol. The molecule has 1 N–H and O–H groups in total. The molecule has 0 saturated carbocycles. The Balaban J connectivity index is 1.82. The van der Waals surface area contributed by atoms with Crippen LogP contribution in [0.1, 0.15) is 29.8 Å². The van der Waals surface area contributed by atoms with E-state index in [4.69, 9.17) is 9.47 Å². The second-order valence-corrected chi connectivity index (χ2v) is 6.80. The molecule has 0 aliphatic heterocycles. The molecule has 30 heavy (non-hydrogen) atoms. The van der Waals surface area contributed by atoms with Crippen molar-refractivity contribution in [3.05, 3.63) is 82.3 Å². The van der Waals surface area contributed by atoms with Crippen molar-refractivity contribution in [3.8, 4) is 5.75 Å². The zero-order valence-electron chi connectivity index (χ0n) is 16.9. The molecule has 3 rings (SSSR count). The number of hydrogen-bond donors (Lipinski definition) is 1. The van der Waals surface area contributed by atoms with Gasteiger partial charge in [0.2, 0.25) is 0 Å². The van der Waals surface area contributed by atoms with Gasteiger partial charge >= 0.3 is 5.97 Å². The van der Waals surface area contributed by atoms with Gasteiger partial charge in [-0.1, -0.05) is 30.3 Å². The summed E-state index contributed by atoms with van der Waals surface area (Å²) in [6.45, 7) is 3.89. The summed E-state index contributed by atoms with van der Waals surface area (Å²) < 4.78 is 11.4. The SMILES string of the molecule is COC(=O)c1cn(NC(=O)C=Cc2ccc(OC(C)C)cc2)c(=O)c2ccccc12. The van der Waals surface area contributed by atoms with Gasteiger partial charge in [0.25, 0.3) is 11.5 Å². The highest BCUT2D eigenvalue weighted by Gasteiger charge is 2.15. The van der Waals surface area contributed by atoms with E-state index in [0.29, 0.717) is 10.8 Å². The average Bonchev–Trinajstić information content (AvgIpc) is 2.74. The summed E-state index contributed by atoms with van der Waals surface area (Å²) in [5.74, 6) is -0.385. The molecule has 0 saturated heterocycles. The fourth-order valence-electron chi connectivity index (χ4n) is 2.90. The van der Waals surface area contributed by atoms with Gasteiger partial charge in [0.1, 0.15) is 5.75 Å². The van der Waals surface area contributed by atoms with Crippen LogP contribution >= 0.6 is 0 Å². The third-order valence-electron chi connectivity index (χ3n) is 4.24. The van der Waals surface area contributed by atoms with Crippen LogP contribution in [-0.4, -0.2) is 29.8 Å². The van der Waals surface area contributed by atoms with Crippen LogP contribution in [0.3, 0.4) is 0 Å². The van der Waals surface area contributed by atoms with E-state index < -0.39 is 17.4 Å². The lowest BCUT2D eigenvalue weighted by molar-refractivity contribution is -0.112. The Bertz CT molecular complexity index is 1160. The molecule has 1 amide bonds. The van der Waals surface area contributed by atoms with E-state index in [1.807, 2.05) is 38.1 Å². The molecule has 0 fully saturated rings. The zero-order chi connectivity index (χ0) is 21.7. The molecule has 3 aromatic rings. The number of carbonyl (C=O) groups is 2. The summed E-state index contributed by atoms with van der Waals surface area (Å²) in [6.07, 6.45) is 4.26. The Labute approximate surface area is 173 Å². The van der Waals surface area contributed by atoms with Gasteiger partial charge in [0.05, 0.1) is 18.8 Å². The number of carbonyl (C=O) groups excluding carboxylic acids is 2. The van der Waals surface area contributed by atoms with E-state index in [-0.39, 0.29) is 11.7 Å². The molecular formula is C23H22N2O5. The van der Waals surface area contributed by atoms with Crippen LogP contribution in [-0.2, 0) is 9.53 Å². The lowest BCUT2D eigenvalue weighted by Gasteiger charge is -2.11. The van der Waals surface area contributed by atoms with Crippen molar-refractivity contribution in [3.63, 3.8) is 0 Å². The third-order valence-corrected chi connectivity index (χ3v) is 4.24. The van der Waals surface area contributed by atoms with E-state index in [0.717, 1.165) is 16.0 Å². The standard InChI is InChI=1S/C23H22N2O5/c1-15(2)30-17-11-8-16(9-12-17)10-13-21(26)24-25-14-20(23(28)29-3)18-6-4-5-7-19(18)22(25)27/h4-15H,1-3H3,(H,24,26). The molecule has 0 spiro atoms. The molecule has 0 aliphatic rings. The summed E-state index contributed by atoms with van der Waals surface area (Å²) in [5.41, 5.74) is 3.00. The van der Waals surface area contributed by atoms with Crippen molar-refractivity contribution in [2.24, 2.45) is 0 Å². The minimum absolute atomic E-state index is 0.0762. The first-order valence-electron chi connectivity index (χ1n) is 9.37. The predicted octanol–water partition coefficient (Wildman–Crippen LogP) is 3.36. The lowest BCUT2D eigenvalue weighted by atomic mass is 10.1. The van der Waals surface area contributed by atoms with Crippen molar-refractivity contribution in [2.45, 2.75) is 20.0 Å². The predicted molar refractivity (Wildman–Crippen MR) is 115 cm³/mol. The summed E-state index contributed by atoms with van der Waals surface area (Å²) in [6, 6.07) is 13.9. The molecule has 0 radical (unpaired) electrons. The number of ether oxygens (including phenoxy) is 2. The topological polar surface area (TPSA) is 86.6 Å². The largest absolute Gasteiger partial charge is 0.491 e. The monoisotopic (exact) mass is 406 g/mol. The summed E-state index contributed by atoms with van der Waals surface area (Å²) in [5, 5.41) is 0.754. The Morgan fingerprint density at radius 3 is 2.33 bits per heavy atom. The van der Waals surface area contributed by atoms with Gasteiger partial charge in [-0.2, -0.15) is 0 Å². The summed E-state index contributed by atoms with van der Waals surface area (Å²) in [4.78, 5) is 37.1. The molecule has 154 valence electrons. The van der Waals surface area contributed by atoms with Crippen LogP contribution in [0, 0.1) is 0 Å². The number of benzene rings is 2. The zero-order valence-corrected chi connectivity index (χ0v) is 16.9. The average molecular weight is 406 g/mol. The van der Waals surface area contributed by atoms with Gasteiger partial charge in [0, 0.05) is 23.0 Å². The Morgan fingerprint density at radius 2 is 1.70 bits per heavy atom. The number of methoxy groups -OCH3 is 1. The van der Waals surface area contributed by atoms with Crippen molar-refractivity contribution in [1.82, 2.24) is 4.68 Å². The van der Waals surface area contributed by atoms with Crippen LogP contribution < -0.4 is 15.7 Å². The second-order valence-electron chi connectivity index (χ2n) is 6.80. The van der Waals surface area contributed by atoms with Crippen molar-refractivity contribution in [2.75, 3.05) is 12.5 Å². The fraction of sp³-hybridized carbons (Fsp3) is 0.174. The highest BCUT2D eigenvalue weighted by molar-refractivity contribution is 6.04. The number of pyridine rings is 1. The van der Waals surface area contributed by atoms with E-state index in [9.17, 15) is 14.4 Å². The highest BCUT2D eigenvalue weighted by atomic mass is 16.5. The van der Waals surface area contributed by atoms with Gasteiger partial charge in [-0.25, -0.2) is 9.47 Å². The first-order valence-corrected chi connectivity index (χ1v) is 9.37. The normalized spacial score (nSPS) is 11.1. The molecule has 7 heteroatoms. The van der Waals surface area contributed by atoms with Crippen molar-refractivity contribution in [1.29, 1.82) is 0 Å². The first-order chi connectivity index (χ1) is 14.4. The van der Waals surface area contributed by atoms with Gasteiger partial charge in [-0.05, 0) is 43.7 Å². The lowest BCUT2D eigenvalue weighted by Crippen LogP contribution is -2.33. The number of rotatable bonds is 6. The number of aromatic nitrogens is 1. The van der Waals surface area contributed by atoms with Crippen LogP contribution in [0.25, 0.3) is 16.8 Å². The fourth-order valence-corrected chi connectivity index (χ4v) is 2.90. The van der Waals surface area contributed by atoms with Crippen LogP contribution in [0.15, 0.2) is 65.6 Å². The Kier molecular flexibility index (Phi) is 6.32. The smallest absolute Gasteiger partial charge is 0.340 e. The van der Waals surface area contributed by atoms with Crippen molar-refractivity contribution < 1.29 is 19.1 Å². The Hall–Kier alpha value is -3.87. The Morgan fingerprint density at radius 1 is 1.03 bits per heavy atom. The minimum Gasteiger partial charge on any atom is -0.491 e. The van der Waals surface area contributed by atoms with Crippen LogP contribution in [0.4, 0.5) is 0 Å². The van der Waals surface area contributed by atoms with Crippen molar-refractivity contribution >= 4 is 28.7 Å². The molecule has 2 aromatic carbocycles. The molecule has 1 heterocycles. The third kappa shape index (κ3) is 4.75.